The van der Waals surface area contributed by atoms with Gasteiger partial charge < -0.3 is 15.3 Å². The Morgan fingerprint density at radius 2 is 1.78 bits per heavy atom. The summed E-state index contributed by atoms with van der Waals surface area (Å²) in [6.07, 6.45) is 3.29. The lowest BCUT2D eigenvalue weighted by molar-refractivity contribution is -0.322. The number of rotatable bonds is 2. The van der Waals surface area contributed by atoms with Crippen molar-refractivity contribution in [3.63, 3.8) is 0 Å². The van der Waals surface area contributed by atoms with E-state index in [1.165, 1.54) is 0 Å². The fourth-order valence-corrected chi connectivity index (χ4v) is 1.08. The van der Waals surface area contributed by atoms with Crippen LogP contribution in [0.25, 0.3) is 0 Å². The van der Waals surface area contributed by atoms with Crippen LogP contribution >= 0.6 is 0 Å². The normalized spacial score (nSPS) is 21.7. The zero-order valence-electron chi connectivity index (χ0n) is 5.25. The van der Waals surface area contributed by atoms with Crippen LogP contribution in [0.5, 0.6) is 0 Å². The topological polar surface area (TPSA) is 60.7 Å². The number of hydrogen-bond acceptors (Lipinski definition) is 3. The van der Waals surface area contributed by atoms with Gasteiger partial charge in [-0.05, 0) is 5.92 Å². The van der Waals surface area contributed by atoms with Gasteiger partial charge in [0.25, 0.3) is 5.97 Å². The minimum absolute atomic E-state index is 0.104. The molecule has 3 N–H and O–H groups in total. The van der Waals surface area contributed by atoms with Crippen LogP contribution in [0.2, 0.25) is 0 Å². The zero-order valence-corrected chi connectivity index (χ0v) is 5.25. The van der Waals surface area contributed by atoms with Crippen LogP contribution in [-0.4, -0.2) is 21.3 Å². The molecule has 1 aliphatic carbocycles. The molecule has 0 saturated heterocycles. The van der Waals surface area contributed by atoms with Crippen molar-refractivity contribution in [3.8, 4) is 0 Å². The summed E-state index contributed by atoms with van der Waals surface area (Å²) in [5, 5.41) is 25.4. The van der Waals surface area contributed by atoms with E-state index in [9.17, 15) is 0 Å². The highest BCUT2D eigenvalue weighted by Crippen LogP contribution is 2.31. The van der Waals surface area contributed by atoms with Crippen molar-refractivity contribution in [2.75, 3.05) is 0 Å². The molecule has 3 heteroatoms. The van der Waals surface area contributed by atoms with Crippen LogP contribution in [0, 0.1) is 5.92 Å². The van der Waals surface area contributed by atoms with Gasteiger partial charge in [-0.25, -0.2) is 0 Å². The van der Waals surface area contributed by atoms with Gasteiger partial charge in [0, 0.05) is 6.42 Å². The van der Waals surface area contributed by atoms with Crippen molar-refractivity contribution in [2.45, 2.75) is 31.7 Å². The lowest BCUT2D eigenvalue weighted by Gasteiger charge is -2.28. The van der Waals surface area contributed by atoms with Gasteiger partial charge in [0.1, 0.15) is 0 Å². The molecule has 1 aliphatic rings. The molecule has 0 aromatic carbocycles. The SMILES string of the molecule is OC(O)(O)CC1CCC1. The highest BCUT2D eigenvalue weighted by atomic mass is 16.7. The lowest BCUT2D eigenvalue weighted by Crippen LogP contribution is -2.32. The summed E-state index contributed by atoms with van der Waals surface area (Å²) in [6, 6.07) is 0. The van der Waals surface area contributed by atoms with E-state index in [-0.39, 0.29) is 6.42 Å². The zero-order chi connectivity index (χ0) is 6.91. The third-order valence-electron chi connectivity index (χ3n) is 1.79. The summed E-state index contributed by atoms with van der Waals surface area (Å²) in [5.41, 5.74) is 0. The fraction of sp³-hybridized carbons (Fsp3) is 1.00. The molecule has 54 valence electrons. The molecular weight excluding hydrogens is 120 g/mol. The average molecular weight is 132 g/mol. The Balaban J connectivity index is 2.16. The van der Waals surface area contributed by atoms with Crippen molar-refractivity contribution in [2.24, 2.45) is 5.92 Å². The van der Waals surface area contributed by atoms with Gasteiger partial charge in [-0.2, -0.15) is 0 Å². The van der Waals surface area contributed by atoms with Gasteiger partial charge in [-0.3, -0.25) is 0 Å². The summed E-state index contributed by atoms with van der Waals surface area (Å²) in [7, 11) is 0. The molecule has 9 heavy (non-hydrogen) atoms. The average Bonchev–Trinajstić information content (AvgIpc) is 1.53. The molecule has 0 heterocycles. The molecule has 1 fully saturated rings. The molecule has 0 unspecified atom stereocenters. The Bertz CT molecular complexity index is 91.0. The number of hydrogen-bond donors (Lipinski definition) is 3. The molecule has 0 bridgehead atoms. The van der Waals surface area contributed by atoms with Crippen molar-refractivity contribution >= 4 is 0 Å². The maximum Gasteiger partial charge on any atom is 0.275 e. The predicted molar refractivity (Wildman–Crippen MR) is 31.3 cm³/mol. The Morgan fingerprint density at radius 1 is 1.22 bits per heavy atom. The summed E-state index contributed by atoms with van der Waals surface area (Å²) >= 11 is 0. The van der Waals surface area contributed by atoms with Gasteiger partial charge in [-0.15, -0.1) is 0 Å². The monoisotopic (exact) mass is 132 g/mol. The van der Waals surface area contributed by atoms with Gasteiger partial charge in [0.05, 0.1) is 0 Å². The Morgan fingerprint density at radius 3 is 1.89 bits per heavy atom. The largest absolute Gasteiger partial charge is 0.344 e. The predicted octanol–water partition coefficient (Wildman–Crippen LogP) is -0.193. The first kappa shape index (κ1) is 6.99. The highest BCUT2D eigenvalue weighted by Gasteiger charge is 2.28. The van der Waals surface area contributed by atoms with Crippen LogP contribution in [-0.2, 0) is 0 Å². The Labute approximate surface area is 53.9 Å². The van der Waals surface area contributed by atoms with Crippen LogP contribution in [0.1, 0.15) is 25.7 Å². The highest BCUT2D eigenvalue weighted by molar-refractivity contribution is 4.71. The first-order valence-corrected chi connectivity index (χ1v) is 3.25. The molecule has 0 atom stereocenters. The summed E-state index contributed by atoms with van der Waals surface area (Å²) < 4.78 is 0. The second kappa shape index (κ2) is 2.25. The van der Waals surface area contributed by atoms with Crippen molar-refractivity contribution < 1.29 is 15.3 Å². The molecule has 0 aromatic heterocycles. The second-order valence-electron chi connectivity index (χ2n) is 2.78. The standard InChI is InChI=1S/C6H12O3/c7-6(8,9)4-5-2-1-3-5/h5,7-9H,1-4H2. The van der Waals surface area contributed by atoms with Crippen LogP contribution in [0.15, 0.2) is 0 Å². The van der Waals surface area contributed by atoms with Crippen LogP contribution in [0.3, 0.4) is 0 Å². The smallest absolute Gasteiger partial charge is 0.275 e. The van der Waals surface area contributed by atoms with E-state index in [0.29, 0.717) is 5.92 Å². The van der Waals surface area contributed by atoms with E-state index in [1.54, 1.807) is 0 Å². The quantitative estimate of drug-likeness (QED) is 0.456. The maximum atomic E-state index is 8.46. The first-order chi connectivity index (χ1) is 4.08. The minimum Gasteiger partial charge on any atom is -0.344 e. The van der Waals surface area contributed by atoms with Crippen molar-refractivity contribution in [3.05, 3.63) is 0 Å². The van der Waals surface area contributed by atoms with Gasteiger partial charge >= 0.3 is 0 Å². The van der Waals surface area contributed by atoms with Gasteiger partial charge in [0.15, 0.2) is 0 Å². The van der Waals surface area contributed by atoms with Gasteiger partial charge in [0.2, 0.25) is 0 Å². The molecule has 0 aliphatic heterocycles. The van der Waals surface area contributed by atoms with E-state index in [4.69, 9.17) is 15.3 Å². The molecule has 0 radical (unpaired) electrons. The summed E-state index contributed by atoms with van der Waals surface area (Å²) in [6.45, 7) is 0. The molecule has 1 saturated carbocycles. The van der Waals surface area contributed by atoms with E-state index >= 15 is 0 Å². The number of aliphatic hydroxyl groups is 3. The van der Waals surface area contributed by atoms with E-state index in [0.717, 1.165) is 19.3 Å². The van der Waals surface area contributed by atoms with Gasteiger partial charge in [-0.1, -0.05) is 19.3 Å². The Hall–Kier alpha value is -0.120. The summed E-state index contributed by atoms with van der Waals surface area (Å²) in [5.74, 6) is -2.10. The lowest BCUT2D eigenvalue weighted by atomic mass is 9.82. The van der Waals surface area contributed by atoms with Crippen LogP contribution in [0.4, 0.5) is 0 Å². The van der Waals surface area contributed by atoms with Crippen molar-refractivity contribution in [1.29, 1.82) is 0 Å². The fourth-order valence-electron chi connectivity index (χ4n) is 1.08. The third kappa shape index (κ3) is 2.30. The molecule has 1 rings (SSSR count). The van der Waals surface area contributed by atoms with Crippen LogP contribution < -0.4 is 0 Å². The maximum absolute atomic E-state index is 8.46. The second-order valence-corrected chi connectivity index (χ2v) is 2.78. The molecule has 3 nitrogen and oxygen atoms in total. The van der Waals surface area contributed by atoms with E-state index in [1.807, 2.05) is 0 Å². The molecule has 0 aromatic rings. The third-order valence-corrected chi connectivity index (χ3v) is 1.79. The Kier molecular flexibility index (Phi) is 1.75. The molecule has 0 amide bonds. The van der Waals surface area contributed by atoms with E-state index in [2.05, 4.69) is 0 Å². The molecular formula is C6H12O3. The van der Waals surface area contributed by atoms with Crippen molar-refractivity contribution in [1.82, 2.24) is 0 Å². The summed E-state index contributed by atoms with van der Waals surface area (Å²) in [4.78, 5) is 0. The molecule has 0 spiro atoms. The first-order valence-electron chi connectivity index (χ1n) is 3.25. The minimum atomic E-state index is -2.43. The van der Waals surface area contributed by atoms with E-state index < -0.39 is 5.97 Å².